The third kappa shape index (κ3) is 5.27. The molecule has 0 fully saturated rings. The van der Waals surface area contributed by atoms with E-state index in [0.29, 0.717) is 0 Å². The number of aliphatic carboxylic acids is 1. The summed E-state index contributed by atoms with van der Waals surface area (Å²) < 4.78 is 9.89. The van der Waals surface area contributed by atoms with E-state index in [0.717, 1.165) is 11.3 Å². The van der Waals surface area contributed by atoms with Gasteiger partial charge in [-0.05, 0) is 24.6 Å². The van der Waals surface area contributed by atoms with Crippen molar-refractivity contribution < 1.29 is 24.2 Å². The third-order valence-electron chi connectivity index (χ3n) is 2.78. The van der Waals surface area contributed by atoms with Gasteiger partial charge in [-0.2, -0.15) is 0 Å². The summed E-state index contributed by atoms with van der Waals surface area (Å²) in [6.07, 6.45) is 0. The van der Waals surface area contributed by atoms with Crippen LogP contribution in [0.2, 0.25) is 0 Å². The number of benzene rings is 1. The molecule has 1 aromatic rings. The van der Waals surface area contributed by atoms with Crippen molar-refractivity contribution in [2.75, 3.05) is 26.9 Å². The molecule has 0 aromatic heterocycles. The molecule has 0 bridgehead atoms. The SMILES string of the molecule is COc1ccc(C(C)C(=O)NCCOCC(=O)O)cc1. The number of carboxylic acids is 1. The molecule has 6 nitrogen and oxygen atoms in total. The summed E-state index contributed by atoms with van der Waals surface area (Å²) in [6, 6.07) is 7.28. The van der Waals surface area contributed by atoms with E-state index in [9.17, 15) is 9.59 Å². The second kappa shape index (κ2) is 8.16. The highest BCUT2D eigenvalue weighted by Crippen LogP contribution is 2.19. The summed E-state index contributed by atoms with van der Waals surface area (Å²) in [7, 11) is 1.59. The summed E-state index contributed by atoms with van der Waals surface area (Å²) in [5, 5.41) is 11.1. The number of ether oxygens (including phenoxy) is 2. The molecular formula is C14H19NO5. The topological polar surface area (TPSA) is 84.9 Å². The number of rotatable bonds is 8. The highest BCUT2D eigenvalue weighted by molar-refractivity contribution is 5.83. The van der Waals surface area contributed by atoms with Gasteiger partial charge in [0.15, 0.2) is 0 Å². The van der Waals surface area contributed by atoms with E-state index < -0.39 is 5.97 Å². The van der Waals surface area contributed by atoms with Gasteiger partial charge < -0.3 is 19.9 Å². The Morgan fingerprint density at radius 1 is 1.30 bits per heavy atom. The number of carbonyl (C=O) groups is 2. The van der Waals surface area contributed by atoms with Crippen LogP contribution in [0.5, 0.6) is 5.75 Å². The van der Waals surface area contributed by atoms with Crippen molar-refractivity contribution in [2.45, 2.75) is 12.8 Å². The highest BCUT2D eigenvalue weighted by atomic mass is 16.5. The predicted molar refractivity (Wildman–Crippen MR) is 72.9 cm³/mol. The van der Waals surface area contributed by atoms with Gasteiger partial charge in [-0.15, -0.1) is 0 Å². The molecule has 1 aromatic carbocycles. The van der Waals surface area contributed by atoms with Crippen molar-refractivity contribution in [1.82, 2.24) is 5.32 Å². The van der Waals surface area contributed by atoms with Crippen LogP contribution in [0.1, 0.15) is 18.4 Å². The second-order valence-electron chi connectivity index (χ2n) is 4.23. The van der Waals surface area contributed by atoms with Gasteiger partial charge in [0, 0.05) is 6.54 Å². The van der Waals surface area contributed by atoms with Crippen molar-refractivity contribution in [3.63, 3.8) is 0 Å². The molecule has 0 heterocycles. The zero-order valence-corrected chi connectivity index (χ0v) is 11.6. The van der Waals surface area contributed by atoms with Crippen molar-refractivity contribution >= 4 is 11.9 Å². The van der Waals surface area contributed by atoms with Crippen LogP contribution in [-0.2, 0) is 14.3 Å². The Kier molecular flexibility index (Phi) is 6.52. The average Bonchev–Trinajstić information content (AvgIpc) is 2.45. The lowest BCUT2D eigenvalue weighted by Crippen LogP contribution is -2.31. The number of carboxylic acid groups (broad SMARTS) is 1. The largest absolute Gasteiger partial charge is 0.497 e. The molecule has 1 atom stereocenters. The van der Waals surface area contributed by atoms with Crippen molar-refractivity contribution in [1.29, 1.82) is 0 Å². The van der Waals surface area contributed by atoms with Gasteiger partial charge >= 0.3 is 5.97 Å². The molecule has 0 spiro atoms. The third-order valence-corrected chi connectivity index (χ3v) is 2.78. The summed E-state index contributed by atoms with van der Waals surface area (Å²) in [4.78, 5) is 22.1. The van der Waals surface area contributed by atoms with E-state index >= 15 is 0 Å². The van der Waals surface area contributed by atoms with E-state index in [-0.39, 0.29) is 31.6 Å². The highest BCUT2D eigenvalue weighted by Gasteiger charge is 2.14. The second-order valence-corrected chi connectivity index (χ2v) is 4.23. The Labute approximate surface area is 117 Å². The van der Waals surface area contributed by atoms with Crippen LogP contribution >= 0.6 is 0 Å². The molecule has 0 aliphatic rings. The van der Waals surface area contributed by atoms with Crippen LogP contribution in [0, 0.1) is 0 Å². The minimum Gasteiger partial charge on any atom is -0.497 e. The molecular weight excluding hydrogens is 262 g/mol. The van der Waals surface area contributed by atoms with Crippen LogP contribution in [-0.4, -0.2) is 43.9 Å². The van der Waals surface area contributed by atoms with Gasteiger partial charge in [0.25, 0.3) is 0 Å². The molecule has 1 amide bonds. The molecule has 0 saturated carbocycles. The molecule has 1 rings (SSSR count). The predicted octanol–water partition coefficient (Wildman–Crippen LogP) is 1.02. The van der Waals surface area contributed by atoms with Crippen LogP contribution in [0.25, 0.3) is 0 Å². The van der Waals surface area contributed by atoms with Crippen molar-refractivity contribution in [2.24, 2.45) is 0 Å². The number of nitrogens with one attached hydrogen (secondary N) is 1. The molecule has 0 saturated heterocycles. The standard InChI is InChI=1S/C14H19NO5/c1-10(11-3-5-12(19-2)6-4-11)14(18)15-7-8-20-9-13(16)17/h3-6,10H,7-9H2,1-2H3,(H,15,18)(H,16,17). The zero-order chi connectivity index (χ0) is 15.0. The Balaban J connectivity index is 2.36. The molecule has 20 heavy (non-hydrogen) atoms. The molecule has 0 radical (unpaired) electrons. The van der Waals surface area contributed by atoms with Gasteiger partial charge in [-0.3, -0.25) is 4.79 Å². The molecule has 0 aliphatic carbocycles. The quantitative estimate of drug-likeness (QED) is 0.695. The molecule has 110 valence electrons. The molecule has 1 unspecified atom stereocenters. The summed E-state index contributed by atoms with van der Waals surface area (Å²) in [5.74, 6) is -0.708. The number of amides is 1. The lowest BCUT2D eigenvalue weighted by molar-refractivity contribution is -0.142. The summed E-state index contributed by atoms with van der Waals surface area (Å²) in [6.45, 7) is 1.90. The molecule has 0 aliphatic heterocycles. The fourth-order valence-electron chi connectivity index (χ4n) is 1.60. The first-order chi connectivity index (χ1) is 9.54. The van der Waals surface area contributed by atoms with E-state index in [1.807, 2.05) is 12.1 Å². The summed E-state index contributed by atoms with van der Waals surface area (Å²) in [5.41, 5.74) is 0.884. The first kappa shape index (κ1) is 16.0. The van der Waals surface area contributed by atoms with Gasteiger partial charge in [0.05, 0.1) is 19.6 Å². The number of hydrogen-bond acceptors (Lipinski definition) is 4. The minimum absolute atomic E-state index is 0.130. The fraction of sp³-hybridized carbons (Fsp3) is 0.429. The van der Waals surface area contributed by atoms with Crippen LogP contribution in [0.15, 0.2) is 24.3 Å². The van der Waals surface area contributed by atoms with Crippen molar-refractivity contribution in [3.8, 4) is 5.75 Å². The van der Waals surface area contributed by atoms with E-state index in [1.54, 1.807) is 26.2 Å². The smallest absolute Gasteiger partial charge is 0.329 e. The van der Waals surface area contributed by atoms with Gasteiger partial charge in [0.1, 0.15) is 12.4 Å². The van der Waals surface area contributed by atoms with Gasteiger partial charge in [0.2, 0.25) is 5.91 Å². The van der Waals surface area contributed by atoms with E-state index in [4.69, 9.17) is 14.6 Å². The average molecular weight is 281 g/mol. The van der Waals surface area contributed by atoms with Crippen molar-refractivity contribution in [3.05, 3.63) is 29.8 Å². The number of carbonyl (C=O) groups excluding carboxylic acids is 1. The fourth-order valence-corrected chi connectivity index (χ4v) is 1.60. The van der Waals surface area contributed by atoms with Crippen LogP contribution < -0.4 is 10.1 Å². The lowest BCUT2D eigenvalue weighted by atomic mass is 10.0. The van der Waals surface area contributed by atoms with Crippen LogP contribution in [0.4, 0.5) is 0 Å². The minimum atomic E-state index is -1.03. The van der Waals surface area contributed by atoms with E-state index in [1.165, 1.54) is 0 Å². The maximum absolute atomic E-state index is 11.9. The maximum atomic E-state index is 11.9. The van der Waals surface area contributed by atoms with Gasteiger partial charge in [-0.25, -0.2) is 4.79 Å². The maximum Gasteiger partial charge on any atom is 0.329 e. The van der Waals surface area contributed by atoms with Gasteiger partial charge in [-0.1, -0.05) is 12.1 Å². The number of hydrogen-bond donors (Lipinski definition) is 2. The Morgan fingerprint density at radius 2 is 1.95 bits per heavy atom. The Hall–Kier alpha value is -2.08. The molecule has 2 N–H and O–H groups in total. The zero-order valence-electron chi connectivity index (χ0n) is 11.6. The Morgan fingerprint density at radius 3 is 2.50 bits per heavy atom. The monoisotopic (exact) mass is 281 g/mol. The Bertz CT molecular complexity index is 443. The number of methoxy groups -OCH3 is 1. The summed E-state index contributed by atoms with van der Waals surface area (Å²) >= 11 is 0. The normalized spacial score (nSPS) is 11.7. The molecule has 6 heteroatoms. The lowest BCUT2D eigenvalue weighted by Gasteiger charge is -2.13. The first-order valence-corrected chi connectivity index (χ1v) is 6.25. The van der Waals surface area contributed by atoms with Crippen LogP contribution in [0.3, 0.4) is 0 Å². The first-order valence-electron chi connectivity index (χ1n) is 6.25. The van der Waals surface area contributed by atoms with E-state index in [2.05, 4.69) is 5.32 Å².